The molecule has 0 radical (unpaired) electrons. The van der Waals surface area contributed by atoms with Crippen LogP contribution in [0.25, 0.3) is 11.1 Å². The molecule has 0 atom stereocenters. The molecule has 0 heterocycles. The van der Waals surface area contributed by atoms with Gasteiger partial charge in [-0.05, 0) is 42.3 Å². The van der Waals surface area contributed by atoms with Crippen molar-refractivity contribution in [1.82, 2.24) is 0 Å². The van der Waals surface area contributed by atoms with Gasteiger partial charge in [0.25, 0.3) is 0 Å². The molecule has 0 aliphatic heterocycles. The number of carbonyl (C=O) groups is 1. The van der Waals surface area contributed by atoms with Gasteiger partial charge in [0.2, 0.25) is 0 Å². The molecule has 1 N–H and O–H groups in total. The van der Waals surface area contributed by atoms with Crippen LogP contribution in [0.15, 0.2) is 46.9 Å². The normalized spacial score (nSPS) is 10.2. The van der Waals surface area contributed by atoms with Crippen LogP contribution >= 0.6 is 15.9 Å². The van der Waals surface area contributed by atoms with E-state index in [1.807, 2.05) is 24.3 Å². The SMILES string of the molecule is CC(=O)c1cc(-c2ccc(Br)cc2)ccc1O. The lowest BCUT2D eigenvalue weighted by atomic mass is 10.0. The molecule has 86 valence electrons. The summed E-state index contributed by atoms with van der Waals surface area (Å²) in [5.74, 6) is -0.111. The largest absolute Gasteiger partial charge is 0.507 e. The Bertz CT molecular complexity index is 559. The van der Waals surface area contributed by atoms with E-state index in [1.165, 1.54) is 6.92 Å². The fraction of sp³-hybridized carbons (Fsp3) is 0.0714. The van der Waals surface area contributed by atoms with Crippen molar-refractivity contribution < 1.29 is 9.90 Å². The molecule has 0 saturated heterocycles. The van der Waals surface area contributed by atoms with Gasteiger partial charge in [-0.25, -0.2) is 0 Å². The average molecular weight is 291 g/mol. The van der Waals surface area contributed by atoms with E-state index in [4.69, 9.17) is 0 Å². The molecule has 0 spiro atoms. The number of rotatable bonds is 2. The van der Waals surface area contributed by atoms with E-state index in [0.29, 0.717) is 5.56 Å². The van der Waals surface area contributed by atoms with Gasteiger partial charge in [-0.3, -0.25) is 4.79 Å². The minimum Gasteiger partial charge on any atom is -0.507 e. The number of hydrogen-bond donors (Lipinski definition) is 1. The first-order valence-corrected chi connectivity index (χ1v) is 5.97. The maximum atomic E-state index is 11.3. The van der Waals surface area contributed by atoms with Crippen molar-refractivity contribution in [1.29, 1.82) is 0 Å². The van der Waals surface area contributed by atoms with Crippen LogP contribution in [0.4, 0.5) is 0 Å². The summed E-state index contributed by atoms with van der Waals surface area (Å²) in [6, 6.07) is 12.9. The number of ketones is 1. The van der Waals surface area contributed by atoms with E-state index in [-0.39, 0.29) is 11.5 Å². The smallest absolute Gasteiger partial charge is 0.163 e. The number of aromatic hydroxyl groups is 1. The molecular formula is C14H11BrO2. The minimum absolute atomic E-state index is 0.0263. The Morgan fingerprint density at radius 2 is 1.65 bits per heavy atom. The van der Waals surface area contributed by atoms with Crippen LogP contribution in [-0.2, 0) is 0 Å². The van der Waals surface area contributed by atoms with Crippen molar-refractivity contribution >= 4 is 21.7 Å². The lowest BCUT2D eigenvalue weighted by Crippen LogP contribution is -1.93. The van der Waals surface area contributed by atoms with E-state index in [1.54, 1.807) is 18.2 Å². The van der Waals surface area contributed by atoms with Gasteiger partial charge in [0, 0.05) is 4.47 Å². The summed E-state index contributed by atoms with van der Waals surface area (Å²) in [4.78, 5) is 11.3. The van der Waals surface area contributed by atoms with E-state index >= 15 is 0 Å². The Labute approximate surface area is 108 Å². The molecule has 2 aromatic rings. The number of benzene rings is 2. The fourth-order valence-electron chi connectivity index (χ4n) is 1.64. The van der Waals surface area contributed by atoms with Crippen LogP contribution in [0, 0.1) is 0 Å². The van der Waals surface area contributed by atoms with E-state index in [2.05, 4.69) is 15.9 Å². The third kappa shape index (κ3) is 2.56. The fourth-order valence-corrected chi connectivity index (χ4v) is 1.90. The summed E-state index contributed by atoms with van der Waals surface area (Å²) in [5, 5.41) is 9.57. The molecule has 0 saturated carbocycles. The summed E-state index contributed by atoms with van der Waals surface area (Å²) >= 11 is 3.37. The van der Waals surface area contributed by atoms with Gasteiger partial charge in [0.15, 0.2) is 5.78 Å². The number of halogens is 1. The average Bonchev–Trinajstić information content (AvgIpc) is 2.30. The van der Waals surface area contributed by atoms with Gasteiger partial charge in [0.05, 0.1) is 5.56 Å². The molecule has 0 bridgehead atoms. The second-order valence-electron chi connectivity index (χ2n) is 3.80. The monoisotopic (exact) mass is 290 g/mol. The Kier molecular flexibility index (Phi) is 3.29. The predicted molar refractivity (Wildman–Crippen MR) is 71.2 cm³/mol. The van der Waals surface area contributed by atoms with Crippen molar-refractivity contribution in [2.45, 2.75) is 6.92 Å². The van der Waals surface area contributed by atoms with Crippen LogP contribution in [-0.4, -0.2) is 10.9 Å². The number of hydrogen-bond acceptors (Lipinski definition) is 2. The third-order valence-corrected chi connectivity index (χ3v) is 3.08. The predicted octanol–water partition coefficient (Wildman–Crippen LogP) is 4.02. The molecule has 0 aliphatic carbocycles. The molecule has 2 rings (SSSR count). The zero-order chi connectivity index (χ0) is 12.4. The van der Waals surface area contributed by atoms with E-state index < -0.39 is 0 Å². The zero-order valence-electron chi connectivity index (χ0n) is 9.27. The van der Waals surface area contributed by atoms with Gasteiger partial charge >= 0.3 is 0 Å². The van der Waals surface area contributed by atoms with Crippen LogP contribution in [0.3, 0.4) is 0 Å². The Hall–Kier alpha value is -1.61. The van der Waals surface area contributed by atoms with E-state index in [9.17, 15) is 9.90 Å². The molecule has 0 aliphatic rings. The molecule has 0 amide bonds. The number of Topliss-reactive ketones (excluding diaryl/α,β-unsaturated/α-hetero) is 1. The zero-order valence-corrected chi connectivity index (χ0v) is 10.9. The standard InChI is InChI=1S/C14H11BrO2/c1-9(16)13-8-11(4-7-14(13)17)10-2-5-12(15)6-3-10/h2-8,17H,1H3. The summed E-state index contributed by atoms with van der Waals surface area (Å²) < 4.78 is 1.01. The first kappa shape index (κ1) is 11.9. The van der Waals surface area contributed by atoms with Crippen molar-refractivity contribution in [3.05, 3.63) is 52.5 Å². The summed E-state index contributed by atoms with van der Waals surface area (Å²) in [6.07, 6.45) is 0. The van der Waals surface area contributed by atoms with Gasteiger partial charge in [-0.15, -0.1) is 0 Å². The maximum Gasteiger partial charge on any atom is 0.163 e. The second-order valence-corrected chi connectivity index (χ2v) is 4.71. The molecular weight excluding hydrogens is 280 g/mol. The number of phenols is 1. The highest BCUT2D eigenvalue weighted by atomic mass is 79.9. The topological polar surface area (TPSA) is 37.3 Å². The van der Waals surface area contributed by atoms with Crippen molar-refractivity contribution in [2.24, 2.45) is 0 Å². The Balaban J connectivity index is 2.50. The molecule has 2 nitrogen and oxygen atoms in total. The van der Waals surface area contributed by atoms with Crippen LogP contribution < -0.4 is 0 Å². The molecule has 17 heavy (non-hydrogen) atoms. The number of carbonyl (C=O) groups excluding carboxylic acids is 1. The lowest BCUT2D eigenvalue weighted by molar-refractivity contribution is 0.101. The minimum atomic E-state index is -0.138. The Morgan fingerprint density at radius 3 is 2.24 bits per heavy atom. The first-order valence-electron chi connectivity index (χ1n) is 5.18. The summed E-state index contributed by atoms with van der Waals surface area (Å²) in [5.41, 5.74) is 2.28. The molecule has 0 unspecified atom stereocenters. The second kappa shape index (κ2) is 4.72. The molecule has 0 fully saturated rings. The molecule has 2 aromatic carbocycles. The highest BCUT2D eigenvalue weighted by Gasteiger charge is 2.08. The van der Waals surface area contributed by atoms with Crippen LogP contribution in [0.5, 0.6) is 5.75 Å². The van der Waals surface area contributed by atoms with Crippen molar-refractivity contribution in [3.63, 3.8) is 0 Å². The maximum absolute atomic E-state index is 11.3. The van der Waals surface area contributed by atoms with Crippen LogP contribution in [0.2, 0.25) is 0 Å². The highest BCUT2D eigenvalue weighted by molar-refractivity contribution is 9.10. The van der Waals surface area contributed by atoms with Crippen molar-refractivity contribution in [2.75, 3.05) is 0 Å². The van der Waals surface area contributed by atoms with Crippen molar-refractivity contribution in [3.8, 4) is 16.9 Å². The van der Waals surface area contributed by atoms with E-state index in [0.717, 1.165) is 15.6 Å². The molecule has 3 heteroatoms. The first-order chi connectivity index (χ1) is 8.08. The lowest BCUT2D eigenvalue weighted by Gasteiger charge is -2.05. The molecule has 0 aromatic heterocycles. The van der Waals surface area contributed by atoms with Gasteiger partial charge < -0.3 is 5.11 Å². The number of phenolic OH excluding ortho intramolecular Hbond substituents is 1. The summed E-state index contributed by atoms with van der Waals surface area (Å²) in [7, 11) is 0. The van der Waals surface area contributed by atoms with Crippen LogP contribution in [0.1, 0.15) is 17.3 Å². The quantitative estimate of drug-likeness (QED) is 0.848. The Morgan fingerprint density at radius 1 is 1.06 bits per heavy atom. The summed E-state index contributed by atoms with van der Waals surface area (Å²) in [6.45, 7) is 1.44. The van der Waals surface area contributed by atoms with Gasteiger partial charge in [-0.2, -0.15) is 0 Å². The van der Waals surface area contributed by atoms with Gasteiger partial charge in [-0.1, -0.05) is 34.1 Å². The van der Waals surface area contributed by atoms with Gasteiger partial charge in [0.1, 0.15) is 5.75 Å². The highest BCUT2D eigenvalue weighted by Crippen LogP contribution is 2.27. The third-order valence-electron chi connectivity index (χ3n) is 2.55.